The lowest BCUT2D eigenvalue weighted by molar-refractivity contribution is 0.375. The fourth-order valence-corrected chi connectivity index (χ4v) is 2.35. The highest BCUT2D eigenvalue weighted by Crippen LogP contribution is 2.44. The Morgan fingerprint density at radius 3 is 2.82 bits per heavy atom. The predicted octanol–water partition coefficient (Wildman–Crippen LogP) is 3.53. The summed E-state index contributed by atoms with van der Waals surface area (Å²) >= 11 is 0. The molecule has 22 heavy (non-hydrogen) atoms. The molecule has 3 rings (SSSR count). The molecule has 0 atom stereocenters. The number of ether oxygens (including phenoxy) is 1. The second-order valence-corrected chi connectivity index (χ2v) is 5.41. The predicted molar refractivity (Wildman–Crippen MR) is 91.6 cm³/mol. The summed E-state index contributed by atoms with van der Waals surface area (Å²) in [6, 6.07) is 3.67. The van der Waals surface area contributed by atoms with Crippen LogP contribution in [0.1, 0.15) is 19.5 Å². The molecule has 1 aromatic carbocycles. The summed E-state index contributed by atoms with van der Waals surface area (Å²) in [6.45, 7) is 4.95. The van der Waals surface area contributed by atoms with Gasteiger partial charge in [-0.15, -0.1) is 12.4 Å². The van der Waals surface area contributed by atoms with E-state index in [0.29, 0.717) is 17.4 Å². The SMILES string of the molecule is COc1cc2ccnc3c2c(c1O)N=CC3=NCC(C)C.Cl. The lowest BCUT2D eigenvalue weighted by atomic mass is 10.0. The maximum Gasteiger partial charge on any atom is 0.184 e. The molecule has 0 aliphatic carbocycles. The summed E-state index contributed by atoms with van der Waals surface area (Å²) in [5.74, 6) is 0.920. The minimum atomic E-state index is 0. The minimum Gasteiger partial charge on any atom is -0.503 e. The molecule has 1 aliphatic rings. The first-order chi connectivity index (χ1) is 10.1. The highest BCUT2D eigenvalue weighted by atomic mass is 35.5. The molecule has 5 nitrogen and oxygen atoms in total. The van der Waals surface area contributed by atoms with E-state index in [4.69, 9.17) is 4.74 Å². The molecular weight excluding hydrogens is 302 g/mol. The number of halogens is 1. The Balaban J connectivity index is 0.00000176. The molecule has 116 valence electrons. The number of aliphatic imine (C=N–C) groups is 2. The van der Waals surface area contributed by atoms with Crippen molar-refractivity contribution < 1.29 is 9.84 Å². The van der Waals surface area contributed by atoms with Crippen LogP contribution in [0, 0.1) is 5.92 Å². The molecule has 0 radical (unpaired) electrons. The largest absolute Gasteiger partial charge is 0.503 e. The number of phenols is 1. The molecule has 0 saturated heterocycles. The number of nitrogens with zero attached hydrogens (tertiary/aromatic N) is 3. The quantitative estimate of drug-likeness (QED) is 0.941. The third-order valence-corrected chi connectivity index (χ3v) is 3.37. The van der Waals surface area contributed by atoms with Gasteiger partial charge in [-0.25, -0.2) is 4.99 Å². The van der Waals surface area contributed by atoms with Gasteiger partial charge < -0.3 is 9.84 Å². The molecule has 6 heteroatoms. The number of hydrogen-bond acceptors (Lipinski definition) is 5. The molecule has 0 bridgehead atoms. The van der Waals surface area contributed by atoms with Crippen molar-refractivity contribution in [3.63, 3.8) is 0 Å². The summed E-state index contributed by atoms with van der Waals surface area (Å²) < 4.78 is 5.19. The first-order valence-corrected chi connectivity index (χ1v) is 6.89. The molecule has 0 fully saturated rings. The van der Waals surface area contributed by atoms with Gasteiger partial charge in [-0.2, -0.15) is 0 Å². The van der Waals surface area contributed by atoms with Crippen LogP contribution in [-0.2, 0) is 0 Å². The maximum atomic E-state index is 10.2. The van der Waals surface area contributed by atoms with Crippen LogP contribution in [0.25, 0.3) is 10.8 Å². The van der Waals surface area contributed by atoms with E-state index < -0.39 is 0 Å². The van der Waals surface area contributed by atoms with E-state index in [1.165, 1.54) is 7.11 Å². The minimum absolute atomic E-state index is 0. The lowest BCUT2D eigenvalue weighted by Crippen LogP contribution is -2.11. The Morgan fingerprint density at radius 1 is 1.36 bits per heavy atom. The van der Waals surface area contributed by atoms with Crippen molar-refractivity contribution in [1.29, 1.82) is 0 Å². The van der Waals surface area contributed by atoms with E-state index >= 15 is 0 Å². The average molecular weight is 320 g/mol. The van der Waals surface area contributed by atoms with Crippen LogP contribution < -0.4 is 4.74 Å². The van der Waals surface area contributed by atoms with Crippen molar-refractivity contribution in [1.82, 2.24) is 4.98 Å². The maximum absolute atomic E-state index is 10.2. The Kier molecular flexibility index (Phi) is 4.66. The Bertz CT molecular complexity index is 770. The van der Waals surface area contributed by atoms with E-state index in [1.807, 2.05) is 6.07 Å². The Labute approximate surface area is 135 Å². The van der Waals surface area contributed by atoms with Gasteiger partial charge in [0.1, 0.15) is 11.4 Å². The van der Waals surface area contributed by atoms with Crippen molar-refractivity contribution in [2.75, 3.05) is 13.7 Å². The van der Waals surface area contributed by atoms with Gasteiger partial charge in [-0.05, 0) is 23.4 Å². The van der Waals surface area contributed by atoms with Gasteiger partial charge >= 0.3 is 0 Å². The number of pyridine rings is 1. The van der Waals surface area contributed by atoms with Crippen LogP contribution >= 0.6 is 12.4 Å². The summed E-state index contributed by atoms with van der Waals surface area (Å²) in [5, 5.41) is 12.0. The van der Waals surface area contributed by atoms with E-state index in [2.05, 4.69) is 28.8 Å². The molecule has 1 aromatic heterocycles. The second kappa shape index (κ2) is 6.32. The van der Waals surface area contributed by atoms with Gasteiger partial charge in [0.2, 0.25) is 0 Å². The van der Waals surface area contributed by atoms with Crippen LogP contribution in [0.15, 0.2) is 28.3 Å². The third-order valence-electron chi connectivity index (χ3n) is 3.37. The van der Waals surface area contributed by atoms with Crippen molar-refractivity contribution in [2.45, 2.75) is 13.8 Å². The topological polar surface area (TPSA) is 67.1 Å². The first-order valence-electron chi connectivity index (χ1n) is 6.89. The lowest BCUT2D eigenvalue weighted by Gasteiger charge is -2.16. The molecule has 1 aliphatic heterocycles. The Morgan fingerprint density at radius 2 is 2.14 bits per heavy atom. The standard InChI is InChI=1S/C16H17N3O2.ClH/c1-9(2)7-18-11-8-19-15-13-10(4-5-17-14(11)13)6-12(21-3)16(15)20;/h4-6,8-9,20H,7H2,1-3H3;1H. The van der Waals surface area contributed by atoms with Gasteiger partial charge in [0.25, 0.3) is 0 Å². The highest BCUT2D eigenvalue weighted by Gasteiger charge is 2.21. The molecule has 0 spiro atoms. The molecule has 0 unspecified atom stereocenters. The van der Waals surface area contributed by atoms with E-state index in [-0.39, 0.29) is 18.2 Å². The van der Waals surface area contributed by atoms with Gasteiger partial charge in [-0.1, -0.05) is 13.8 Å². The molecular formula is C16H18ClN3O2. The van der Waals surface area contributed by atoms with Gasteiger partial charge in [0, 0.05) is 18.1 Å². The zero-order chi connectivity index (χ0) is 15.0. The van der Waals surface area contributed by atoms with Crippen molar-refractivity contribution in [2.24, 2.45) is 15.9 Å². The monoisotopic (exact) mass is 319 g/mol. The van der Waals surface area contributed by atoms with E-state index in [9.17, 15) is 5.11 Å². The zero-order valence-electron chi connectivity index (χ0n) is 12.7. The molecule has 0 saturated carbocycles. The van der Waals surface area contributed by atoms with Gasteiger partial charge in [0.05, 0.1) is 19.0 Å². The first kappa shape index (κ1) is 16.2. The normalized spacial score (nSPS) is 14.5. The van der Waals surface area contributed by atoms with Crippen LogP contribution in [0.2, 0.25) is 0 Å². The molecule has 0 amide bonds. The van der Waals surface area contributed by atoms with Crippen LogP contribution in [0.5, 0.6) is 11.5 Å². The van der Waals surface area contributed by atoms with Crippen LogP contribution in [0.4, 0.5) is 5.69 Å². The Hall–Kier alpha value is -2.14. The molecule has 2 heterocycles. The second-order valence-electron chi connectivity index (χ2n) is 5.41. The van der Waals surface area contributed by atoms with E-state index in [1.54, 1.807) is 18.5 Å². The van der Waals surface area contributed by atoms with Crippen LogP contribution in [-0.4, -0.2) is 35.7 Å². The number of aromatic nitrogens is 1. The number of hydrogen-bond donors (Lipinski definition) is 1. The smallest absolute Gasteiger partial charge is 0.184 e. The summed E-state index contributed by atoms with van der Waals surface area (Å²) in [5.41, 5.74) is 2.01. The number of rotatable bonds is 3. The summed E-state index contributed by atoms with van der Waals surface area (Å²) in [4.78, 5) is 13.3. The fraction of sp³-hybridized carbons (Fsp3) is 0.312. The number of methoxy groups -OCH3 is 1. The fourth-order valence-electron chi connectivity index (χ4n) is 2.35. The number of benzene rings is 1. The average Bonchev–Trinajstić information content (AvgIpc) is 2.49. The van der Waals surface area contributed by atoms with Gasteiger partial charge in [0.15, 0.2) is 11.5 Å². The number of aromatic hydroxyl groups is 1. The van der Waals surface area contributed by atoms with Crippen molar-refractivity contribution in [3.05, 3.63) is 24.0 Å². The van der Waals surface area contributed by atoms with E-state index in [0.717, 1.165) is 28.7 Å². The summed E-state index contributed by atoms with van der Waals surface area (Å²) in [7, 11) is 1.53. The van der Waals surface area contributed by atoms with Crippen molar-refractivity contribution in [3.8, 4) is 11.5 Å². The summed E-state index contributed by atoms with van der Waals surface area (Å²) in [6.07, 6.45) is 3.40. The highest BCUT2D eigenvalue weighted by molar-refractivity contribution is 6.43. The van der Waals surface area contributed by atoms with Crippen molar-refractivity contribution >= 4 is 40.8 Å². The zero-order valence-corrected chi connectivity index (χ0v) is 13.5. The molecule has 2 aromatic rings. The third kappa shape index (κ3) is 2.64. The molecule has 1 N–H and O–H groups in total. The van der Waals surface area contributed by atoms with Crippen LogP contribution in [0.3, 0.4) is 0 Å². The van der Waals surface area contributed by atoms with Gasteiger partial charge in [-0.3, -0.25) is 9.98 Å². The number of phenolic OH excluding ortho intramolecular Hbond substituents is 1.